The molecule has 0 aliphatic carbocycles. The van der Waals surface area contributed by atoms with E-state index >= 15 is 0 Å². The van der Waals surface area contributed by atoms with Crippen LogP contribution in [0.4, 0.5) is 0 Å². The molecule has 3 aromatic heterocycles. The second-order valence-corrected chi connectivity index (χ2v) is 6.78. The van der Waals surface area contributed by atoms with Gasteiger partial charge in [-0.3, -0.25) is 14.8 Å². The Balaban J connectivity index is 1.64. The fourth-order valence-electron chi connectivity index (χ4n) is 3.61. The topological polar surface area (TPSA) is 71.9 Å². The summed E-state index contributed by atoms with van der Waals surface area (Å²) in [6, 6.07) is 7.48. The van der Waals surface area contributed by atoms with E-state index in [1.165, 1.54) is 0 Å². The predicted molar refractivity (Wildman–Crippen MR) is 102 cm³/mol. The fourth-order valence-corrected chi connectivity index (χ4v) is 3.61. The lowest BCUT2D eigenvalue weighted by Crippen LogP contribution is -2.39. The van der Waals surface area contributed by atoms with Crippen molar-refractivity contribution in [2.45, 2.75) is 25.7 Å². The van der Waals surface area contributed by atoms with Gasteiger partial charge in [0.25, 0.3) is 5.91 Å². The lowest BCUT2D eigenvalue weighted by atomic mass is 9.90. The summed E-state index contributed by atoms with van der Waals surface area (Å²) < 4.78 is 0. The van der Waals surface area contributed by atoms with E-state index in [4.69, 9.17) is 4.98 Å². The van der Waals surface area contributed by atoms with Crippen molar-refractivity contribution in [3.8, 4) is 11.1 Å². The van der Waals surface area contributed by atoms with Crippen LogP contribution in [0.2, 0.25) is 0 Å². The molecule has 4 rings (SSSR count). The van der Waals surface area contributed by atoms with Crippen molar-refractivity contribution in [1.82, 2.24) is 24.8 Å². The Morgan fingerprint density at radius 1 is 1.07 bits per heavy atom. The van der Waals surface area contributed by atoms with E-state index in [1.807, 2.05) is 30.2 Å². The highest BCUT2D eigenvalue weighted by Crippen LogP contribution is 2.33. The third-order valence-electron chi connectivity index (χ3n) is 4.95. The number of rotatable bonds is 3. The Labute approximate surface area is 158 Å². The van der Waals surface area contributed by atoms with E-state index in [1.54, 1.807) is 36.9 Å². The standard InChI is InChI=1S/C21H21N5O/c1-15-24-13-19(16-4-8-22-9-5-16)20(25-15)18-3-2-12-26(14-18)21(27)17-6-10-23-11-7-17/h4-11,13,18H,2-3,12,14H2,1H3/t18-/m1/s1. The zero-order valence-corrected chi connectivity index (χ0v) is 15.2. The van der Waals surface area contributed by atoms with Crippen molar-refractivity contribution in [3.63, 3.8) is 0 Å². The van der Waals surface area contributed by atoms with E-state index in [9.17, 15) is 4.79 Å². The molecule has 27 heavy (non-hydrogen) atoms. The minimum atomic E-state index is 0.0540. The normalized spacial score (nSPS) is 16.9. The first-order chi connectivity index (χ1) is 13.2. The molecule has 0 spiro atoms. The number of amides is 1. The van der Waals surface area contributed by atoms with Crippen molar-refractivity contribution < 1.29 is 4.79 Å². The van der Waals surface area contributed by atoms with E-state index in [-0.39, 0.29) is 11.8 Å². The lowest BCUT2D eigenvalue weighted by molar-refractivity contribution is 0.0706. The van der Waals surface area contributed by atoms with Crippen LogP contribution in [0.3, 0.4) is 0 Å². The highest BCUT2D eigenvalue weighted by Gasteiger charge is 2.28. The van der Waals surface area contributed by atoms with E-state index < -0.39 is 0 Å². The summed E-state index contributed by atoms with van der Waals surface area (Å²) in [5.41, 5.74) is 3.77. The summed E-state index contributed by atoms with van der Waals surface area (Å²) in [5.74, 6) is 0.994. The Morgan fingerprint density at radius 3 is 2.52 bits per heavy atom. The molecule has 0 unspecified atom stereocenters. The molecule has 6 nitrogen and oxygen atoms in total. The second-order valence-electron chi connectivity index (χ2n) is 6.78. The summed E-state index contributed by atoms with van der Waals surface area (Å²) in [4.78, 5) is 32.0. The van der Waals surface area contributed by atoms with Crippen LogP contribution in [0.1, 0.15) is 40.6 Å². The van der Waals surface area contributed by atoms with Gasteiger partial charge in [0, 0.05) is 61.1 Å². The molecule has 6 heteroatoms. The second kappa shape index (κ2) is 7.61. The van der Waals surface area contributed by atoms with Crippen LogP contribution >= 0.6 is 0 Å². The summed E-state index contributed by atoms with van der Waals surface area (Å²) in [5, 5.41) is 0. The number of pyridine rings is 2. The maximum atomic E-state index is 12.9. The maximum Gasteiger partial charge on any atom is 0.253 e. The molecule has 136 valence electrons. The van der Waals surface area contributed by atoms with Gasteiger partial charge in [0.1, 0.15) is 5.82 Å². The molecule has 1 atom stereocenters. The molecule has 4 heterocycles. The molecule has 1 aliphatic heterocycles. The van der Waals surface area contributed by atoms with E-state index in [2.05, 4.69) is 15.0 Å². The summed E-state index contributed by atoms with van der Waals surface area (Å²) >= 11 is 0. The summed E-state index contributed by atoms with van der Waals surface area (Å²) in [6.45, 7) is 3.34. The molecule has 0 N–H and O–H groups in total. The first-order valence-electron chi connectivity index (χ1n) is 9.15. The molecule has 1 saturated heterocycles. The fraction of sp³-hybridized carbons (Fsp3) is 0.286. The summed E-state index contributed by atoms with van der Waals surface area (Å²) in [6.07, 6.45) is 10.7. The maximum absolute atomic E-state index is 12.9. The van der Waals surface area contributed by atoms with Gasteiger partial charge < -0.3 is 4.90 Å². The monoisotopic (exact) mass is 359 g/mol. The van der Waals surface area contributed by atoms with Crippen molar-refractivity contribution >= 4 is 5.91 Å². The number of carbonyl (C=O) groups excluding carboxylic acids is 1. The van der Waals surface area contributed by atoms with Gasteiger partial charge in [0.05, 0.1) is 5.69 Å². The van der Waals surface area contributed by atoms with Gasteiger partial charge >= 0.3 is 0 Å². The molecule has 3 aromatic rings. The largest absolute Gasteiger partial charge is 0.338 e. The van der Waals surface area contributed by atoms with Gasteiger partial charge in [-0.2, -0.15) is 0 Å². The van der Waals surface area contributed by atoms with Gasteiger partial charge in [-0.1, -0.05) is 0 Å². The van der Waals surface area contributed by atoms with Crippen LogP contribution in [0.15, 0.2) is 55.2 Å². The Morgan fingerprint density at radius 2 is 1.78 bits per heavy atom. The van der Waals surface area contributed by atoms with Gasteiger partial charge in [-0.15, -0.1) is 0 Å². The third-order valence-corrected chi connectivity index (χ3v) is 4.95. The number of nitrogens with zero attached hydrogens (tertiary/aromatic N) is 5. The average molecular weight is 359 g/mol. The molecule has 0 bridgehead atoms. The number of hydrogen-bond acceptors (Lipinski definition) is 5. The first kappa shape index (κ1) is 17.3. The van der Waals surface area contributed by atoms with Crippen LogP contribution in [0.25, 0.3) is 11.1 Å². The lowest BCUT2D eigenvalue weighted by Gasteiger charge is -2.33. The minimum Gasteiger partial charge on any atom is -0.338 e. The molecule has 1 fully saturated rings. The molecular formula is C21H21N5O. The Hall–Kier alpha value is -3.15. The zero-order chi connectivity index (χ0) is 18.6. The highest BCUT2D eigenvalue weighted by atomic mass is 16.2. The highest BCUT2D eigenvalue weighted by molar-refractivity contribution is 5.94. The van der Waals surface area contributed by atoms with Crippen molar-refractivity contribution in [2.24, 2.45) is 0 Å². The van der Waals surface area contributed by atoms with Crippen molar-refractivity contribution in [1.29, 1.82) is 0 Å². The number of carbonyl (C=O) groups is 1. The molecule has 0 saturated carbocycles. The number of likely N-dealkylation sites (tertiary alicyclic amines) is 1. The van der Waals surface area contributed by atoms with Crippen LogP contribution in [0.5, 0.6) is 0 Å². The minimum absolute atomic E-state index is 0.0540. The van der Waals surface area contributed by atoms with Gasteiger partial charge in [-0.05, 0) is 49.6 Å². The SMILES string of the molecule is Cc1ncc(-c2ccncc2)c([C@@H]2CCCN(C(=O)c3ccncc3)C2)n1. The van der Waals surface area contributed by atoms with Crippen LogP contribution in [-0.4, -0.2) is 43.8 Å². The van der Waals surface area contributed by atoms with E-state index in [0.29, 0.717) is 12.1 Å². The van der Waals surface area contributed by atoms with Crippen LogP contribution in [0, 0.1) is 6.92 Å². The van der Waals surface area contributed by atoms with E-state index in [0.717, 1.165) is 42.0 Å². The molecule has 0 aromatic carbocycles. The Kier molecular flexibility index (Phi) is 4.87. The van der Waals surface area contributed by atoms with Crippen molar-refractivity contribution in [2.75, 3.05) is 13.1 Å². The Bertz CT molecular complexity index is 930. The van der Waals surface area contributed by atoms with Crippen LogP contribution < -0.4 is 0 Å². The number of aromatic nitrogens is 4. The number of hydrogen-bond donors (Lipinski definition) is 0. The van der Waals surface area contributed by atoms with Gasteiger partial charge in [-0.25, -0.2) is 9.97 Å². The summed E-state index contributed by atoms with van der Waals surface area (Å²) in [7, 11) is 0. The average Bonchev–Trinajstić information content (AvgIpc) is 2.74. The zero-order valence-electron chi connectivity index (χ0n) is 15.2. The van der Waals surface area contributed by atoms with Crippen molar-refractivity contribution in [3.05, 3.63) is 72.3 Å². The van der Waals surface area contributed by atoms with Gasteiger partial charge in [0.2, 0.25) is 0 Å². The predicted octanol–water partition coefficient (Wildman–Crippen LogP) is 3.26. The first-order valence-corrected chi connectivity index (χ1v) is 9.15. The smallest absolute Gasteiger partial charge is 0.253 e. The third kappa shape index (κ3) is 3.69. The molecule has 0 radical (unpaired) electrons. The molecule has 1 amide bonds. The number of aryl methyl sites for hydroxylation is 1. The van der Waals surface area contributed by atoms with Crippen LogP contribution in [-0.2, 0) is 0 Å². The molecular weight excluding hydrogens is 338 g/mol. The number of piperidine rings is 1. The van der Waals surface area contributed by atoms with Gasteiger partial charge in [0.15, 0.2) is 0 Å². The molecule has 1 aliphatic rings. The quantitative estimate of drug-likeness (QED) is 0.718.